The molecule has 2 heterocycles. The van der Waals surface area contributed by atoms with Crippen molar-refractivity contribution in [2.24, 2.45) is 0 Å². The SMILES string of the molecule is CNC(Cc1ccc(Cc2ccc([N+](=O)[O-])c3nonc23)cc1)CN1CCN(C)CCN(C)CC1.O=C=O.O=C=O.O=C=O. The molecule has 1 aliphatic heterocycles. The summed E-state index contributed by atoms with van der Waals surface area (Å²) >= 11 is 0. The Hall–Kier alpha value is -4.78. The number of nitrogens with one attached hydrogen (secondary N) is 1. The van der Waals surface area contributed by atoms with Gasteiger partial charge in [0.05, 0.1) is 4.92 Å². The first-order valence-electron chi connectivity index (χ1n) is 13.4. The van der Waals surface area contributed by atoms with Crippen LogP contribution in [0.5, 0.6) is 0 Å². The molecule has 0 aliphatic carbocycles. The predicted octanol–water partition coefficient (Wildman–Crippen LogP) is 0.281. The van der Waals surface area contributed by atoms with Gasteiger partial charge in [0.2, 0.25) is 5.52 Å². The molecule has 1 saturated heterocycles. The van der Waals surface area contributed by atoms with E-state index in [-0.39, 0.29) is 29.7 Å². The van der Waals surface area contributed by atoms with Crippen LogP contribution in [0.25, 0.3) is 11.0 Å². The van der Waals surface area contributed by atoms with Gasteiger partial charge in [-0.1, -0.05) is 24.3 Å². The molecule has 4 rings (SSSR count). The first-order chi connectivity index (χ1) is 21.2. The van der Waals surface area contributed by atoms with E-state index >= 15 is 0 Å². The van der Waals surface area contributed by atoms with Crippen molar-refractivity contribution in [3.8, 4) is 0 Å². The maximum atomic E-state index is 11.2. The van der Waals surface area contributed by atoms with Gasteiger partial charge in [-0.2, -0.15) is 28.8 Å². The molecule has 236 valence electrons. The van der Waals surface area contributed by atoms with Gasteiger partial charge >= 0.3 is 24.1 Å². The maximum Gasteiger partial charge on any atom is 0.373 e. The smallest absolute Gasteiger partial charge is 0.315 e. The summed E-state index contributed by atoms with van der Waals surface area (Å²) < 4.78 is 4.78. The average Bonchev–Trinajstić information content (AvgIpc) is 3.51. The second-order valence-electron chi connectivity index (χ2n) is 9.80. The number of rotatable bonds is 8. The summed E-state index contributed by atoms with van der Waals surface area (Å²) in [6, 6.07) is 12.1. The third-order valence-corrected chi connectivity index (χ3v) is 6.92. The quantitative estimate of drug-likeness (QED) is 0.267. The van der Waals surface area contributed by atoms with Crippen LogP contribution >= 0.6 is 0 Å². The highest BCUT2D eigenvalue weighted by molar-refractivity contribution is 5.86. The van der Waals surface area contributed by atoms with Gasteiger partial charge in [-0.15, -0.1) is 0 Å². The summed E-state index contributed by atoms with van der Waals surface area (Å²) in [6.07, 6.45) is 2.31. The van der Waals surface area contributed by atoms with Crippen molar-refractivity contribution in [1.82, 2.24) is 30.3 Å². The number of carbonyl (C=O) groups excluding carboxylic acids is 6. The molecule has 16 heteroatoms. The molecule has 1 unspecified atom stereocenters. The molecule has 1 N–H and O–H groups in total. The van der Waals surface area contributed by atoms with E-state index in [9.17, 15) is 10.1 Å². The van der Waals surface area contributed by atoms with E-state index in [4.69, 9.17) is 33.4 Å². The number of hydrogen-bond donors (Lipinski definition) is 1. The molecule has 1 aromatic heterocycles. The highest BCUT2D eigenvalue weighted by atomic mass is 16.6. The van der Waals surface area contributed by atoms with Gasteiger partial charge in [0.15, 0.2) is 0 Å². The lowest BCUT2D eigenvalue weighted by Crippen LogP contribution is -2.44. The van der Waals surface area contributed by atoms with E-state index in [2.05, 4.69) is 68.7 Å². The Morgan fingerprint density at radius 1 is 0.818 bits per heavy atom. The topological polar surface area (TPSA) is 206 Å². The molecular formula is C28H35N7O9. The summed E-state index contributed by atoms with van der Waals surface area (Å²) in [4.78, 5) is 66.9. The minimum atomic E-state index is -0.464. The van der Waals surface area contributed by atoms with E-state index in [1.54, 1.807) is 6.07 Å². The first kappa shape index (κ1) is 37.2. The Morgan fingerprint density at radius 2 is 1.30 bits per heavy atom. The van der Waals surface area contributed by atoms with Gasteiger partial charge in [0.1, 0.15) is 5.52 Å². The van der Waals surface area contributed by atoms with E-state index in [1.165, 1.54) is 11.6 Å². The summed E-state index contributed by atoms with van der Waals surface area (Å²) in [5.74, 6) is 0. The highest BCUT2D eigenvalue weighted by Crippen LogP contribution is 2.27. The summed E-state index contributed by atoms with van der Waals surface area (Å²) in [6.45, 7) is 7.60. The molecule has 2 aromatic carbocycles. The zero-order valence-electron chi connectivity index (χ0n) is 24.8. The van der Waals surface area contributed by atoms with Crippen molar-refractivity contribution >= 4 is 35.2 Å². The van der Waals surface area contributed by atoms with Crippen LogP contribution in [0.3, 0.4) is 0 Å². The van der Waals surface area contributed by atoms with Gasteiger partial charge in [-0.25, -0.2) is 4.63 Å². The van der Waals surface area contributed by atoms with Gasteiger partial charge in [-0.3, -0.25) is 15.0 Å². The second kappa shape index (κ2) is 21.0. The fourth-order valence-corrected chi connectivity index (χ4v) is 4.55. The normalized spacial score (nSPS) is 14.6. The van der Waals surface area contributed by atoms with Crippen molar-refractivity contribution in [1.29, 1.82) is 0 Å². The molecule has 0 radical (unpaired) electrons. The number of likely N-dealkylation sites (N-methyl/N-ethyl adjacent to an activating group) is 3. The number of nitrogens with zero attached hydrogens (tertiary/aromatic N) is 6. The molecule has 0 amide bonds. The van der Waals surface area contributed by atoms with Gasteiger partial charge in [0.25, 0.3) is 0 Å². The Kier molecular flexibility index (Phi) is 17.8. The molecule has 1 fully saturated rings. The zero-order valence-corrected chi connectivity index (χ0v) is 24.8. The van der Waals surface area contributed by atoms with Crippen LogP contribution in [0.2, 0.25) is 0 Å². The van der Waals surface area contributed by atoms with Crippen LogP contribution in [0.1, 0.15) is 16.7 Å². The minimum absolute atomic E-state index is 0.0904. The Balaban J connectivity index is 0.000000961. The molecule has 0 bridgehead atoms. The fraction of sp³-hybridized carbons (Fsp3) is 0.464. The number of nitro benzene ring substituents is 1. The number of fused-ring (bicyclic) bond motifs is 1. The Bertz CT molecular complexity index is 1350. The van der Waals surface area contributed by atoms with Gasteiger partial charge in [-0.05, 0) is 67.1 Å². The number of non-ortho nitro benzene ring substituents is 1. The lowest BCUT2D eigenvalue weighted by molar-refractivity contribution is -0.383. The average molecular weight is 614 g/mol. The van der Waals surface area contributed by atoms with E-state index in [1.807, 2.05) is 7.05 Å². The molecular weight excluding hydrogens is 578 g/mol. The molecule has 3 aromatic rings. The zero-order chi connectivity index (χ0) is 32.9. The number of aromatic nitrogens is 2. The number of hydrogen-bond acceptors (Lipinski definition) is 15. The van der Waals surface area contributed by atoms with Gasteiger partial charge in [0, 0.05) is 57.9 Å². The number of nitro groups is 1. The lowest BCUT2D eigenvalue weighted by atomic mass is 9.99. The summed E-state index contributed by atoms with van der Waals surface area (Å²) in [7, 11) is 6.45. The number of benzene rings is 2. The minimum Gasteiger partial charge on any atom is -0.315 e. The summed E-state index contributed by atoms with van der Waals surface area (Å²) in [5, 5.41) is 22.4. The lowest BCUT2D eigenvalue weighted by Gasteiger charge is -2.28. The standard InChI is InChI=1S/C25H35N7O3.3CO2/c1-26-22(18-31-14-12-29(2)10-11-30(3)13-15-31)17-20-6-4-19(5-7-20)16-21-8-9-23(32(33)34)25-24(21)27-35-28-25;3*2-1-3/h4-9,22,26H,10-18H2,1-3H3;;;. The third kappa shape index (κ3) is 13.0. The van der Waals surface area contributed by atoms with E-state index in [0.717, 1.165) is 63.4 Å². The molecule has 16 nitrogen and oxygen atoms in total. The van der Waals surface area contributed by atoms with Crippen LogP contribution < -0.4 is 5.32 Å². The molecule has 0 saturated carbocycles. The largest absolute Gasteiger partial charge is 0.373 e. The van der Waals surface area contributed by atoms with Crippen molar-refractivity contribution in [2.45, 2.75) is 18.9 Å². The van der Waals surface area contributed by atoms with Crippen molar-refractivity contribution < 1.29 is 38.3 Å². The van der Waals surface area contributed by atoms with Crippen LogP contribution in [-0.4, -0.2) is 121 Å². The predicted molar refractivity (Wildman–Crippen MR) is 151 cm³/mol. The van der Waals surface area contributed by atoms with Crippen molar-refractivity contribution in [3.05, 3.63) is 63.2 Å². The van der Waals surface area contributed by atoms with Crippen LogP contribution in [-0.2, 0) is 41.6 Å². The fourth-order valence-electron chi connectivity index (χ4n) is 4.55. The first-order valence-corrected chi connectivity index (χ1v) is 13.4. The monoisotopic (exact) mass is 613 g/mol. The van der Waals surface area contributed by atoms with Crippen LogP contribution in [0.15, 0.2) is 41.0 Å². The molecule has 44 heavy (non-hydrogen) atoms. The van der Waals surface area contributed by atoms with Crippen LogP contribution in [0.4, 0.5) is 5.69 Å². The Morgan fingerprint density at radius 3 is 1.80 bits per heavy atom. The third-order valence-electron chi connectivity index (χ3n) is 6.92. The molecule has 1 aliphatic rings. The Labute approximate surface area is 253 Å². The molecule has 1 atom stereocenters. The van der Waals surface area contributed by atoms with Crippen LogP contribution in [0, 0.1) is 10.1 Å². The highest BCUT2D eigenvalue weighted by Gasteiger charge is 2.20. The maximum absolute atomic E-state index is 11.2. The van der Waals surface area contributed by atoms with Crippen molar-refractivity contribution in [3.63, 3.8) is 0 Å². The van der Waals surface area contributed by atoms with E-state index in [0.29, 0.717) is 18.0 Å². The second-order valence-corrected chi connectivity index (χ2v) is 9.80. The van der Waals surface area contributed by atoms with Crippen molar-refractivity contribution in [2.75, 3.05) is 67.0 Å². The molecule has 0 spiro atoms. The summed E-state index contributed by atoms with van der Waals surface area (Å²) in [5.41, 5.74) is 3.79. The van der Waals surface area contributed by atoms with Gasteiger partial charge < -0.3 is 15.1 Å². The van der Waals surface area contributed by atoms with E-state index < -0.39 is 4.92 Å².